The summed E-state index contributed by atoms with van der Waals surface area (Å²) in [7, 11) is 0. The van der Waals surface area contributed by atoms with Crippen molar-refractivity contribution >= 4 is 44.7 Å². The third-order valence-electron chi connectivity index (χ3n) is 1.85. The standard InChI is InChI=1S/C9H5BrClNO/c10-6-1-7(11)9-5(4-13)3-12-8(9)2-6/h1-4,12H. The fraction of sp³-hybridized carbons (Fsp3) is 0. The Morgan fingerprint density at radius 1 is 1.46 bits per heavy atom. The minimum absolute atomic E-state index is 0.577. The number of carbonyl (C=O) groups excluding carboxylic acids is 1. The molecule has 0 amide bonds. The molecule has 0 unspecified atom stereocenters. The van der Waals surface area contributed by atoms with Crippen LogP contribution in [-0.4, -0.2) is 11.3 Å². The summed E-state index contributed by atoms with van der Waals surface area (Å²) in [6.07, 6.45) is 2.44. The van der Waals surface area contributed by atoms with Crippen LogP contribution in [0.2, 0.25) is 5.02 Å². The Hall–Kier alpha value is -0.800. The van der Waals surface area contributed by atoms with Crippen LogP contribution in [0.25, 0.3) is 10.9 Å². The van der Waals surface area contributed by atoms with E-state index in [9.17, 15) is 4.79 Å². The van der Waals surface area contributed by atoms with Crippen molar-refractivity contribution in [3.8, 4) is 0 Å². The number of hydrogen-bond acceptors (Lipinski definition) is 1. The fourth-order valence-corrected chi connectivity index (χ4v) is 2.22. The maximum absolute atomic E-state index is 10.6. The van der Waals surface area contributed by atoms with Gasteiger partial charge in [-0.15, -0.1) is 0 Å². The minimum atomic E-state index is 0.577. The number of aromatic nitrogens is 1. The Bertz CT molecular complexity index is 478. The molecule has 2 aromatic rings. The molecule has 2 rings (SSSR count). The van der Waals surface area contributed by atoms with Gasteiger partial charge in [-0.25, -0.2) is 0 Å². The maximum Gasteiger partial charge on any atom is 0.152 e. The highest BCUT2D eigenvalue weighted by Gasteiger charge is 2.07. The highest BCUT2D eigenvalue weighted by atomic mass is 79.9. The van der Waals surface area contributed by atoms with Crippen LogP contribution in [0.3, 0.4) is 0 Å². The zero-order valence-corrected chi connectivity index (χ0v) is 8.82. The SMILES string of the molecule is O=Cc1c[nH]c2cc(Br)cc(Cl)c12. The first-order valence-electron chi connectivity index (χ1n) is 3.63. The summed E-state index contributed by atoms with van der Waals surface area (Å²) in [5.41, 5.74) is 1.45. The molecule has 0 bridgehead atoms. The molecule has 0 radical (unpaired) electrons. The van der Waals surface area contributed by atoms with E-state index in [1.807, 2.05) is 6.07 Å². The summed E-state index contributed by atoms with van der Waals surface area (Å²) < 4.78 is 0.893. The van der Waals surface area contributed by atoms with Gasteiger partial charge in [0.2, 0.25) is 0 Å². The molecule has 0 saturated heterocycles. The topological polar surface area (TPSA) is 32.9 Å². The van der Waals surface area contributed by atoms with Gasteiger partial charge in [0, 0.05) is 27.1 Å². The van der Waals surface area contributed by atoms with Crippen LogP contribution < -0.4 is 0 Å². The van der Waals surface area contributed by atoms with Crippen LogP contribution >= 0.6 is 27.5 Å². The normalized spacial score (nSPS) is 10.6. The molecule has 0 aliphatic heterocycles. The van der Waals surface area contributed by atoms with Crippen molar-refractivity contribution in [1.82, 2.24) is 4.98 Å². The van der Waals surface area contributed by atoms with Crippen molar-refractivity contribution < 1.29 is 4.79 Å². The molecule has 4 heteroatoms. The molecule has 13 heavy (non-hydrogen) atoms. The molecule has 0 saturated carbocycles. The van der Waals surface area contributed by atoms with E-state index in [1.54, 1.807) is 12.3 Å². The second kappa shape index (κ2) is 3.16. The summed E-state index contributed by atoms with van der Waals surface area (Å²) in [4.78, 5) is 13.6. The van der Waals surface area contributed by atoms with E-state index >= 15 is 0 Å². The number of fused-ring (bicyclic) bond motifs is 1. The summed E-state index contributed by atoms with van der Waals surface area (Å²) in [5.74, 6) is 0. The Morgan fingerprint density at radius 2 is 2.23 bits per heavy atom. The molecule has 1 N–H and O–H groups in total. The number of halogens is 2. The molecule has 0 aliphatic rings. The van der Waals surface area contributed by atoms with E-state index in [0.29, 0.717) is 10.6 Å². The average Bonchev–Trinajstić information content (AvgIpc) is 2.47. The van der Waals surface area contributed by atoms with Gasteiger partial charge in [0.15, 0.2) is 6.29 Å². The van der Waals surface area contributed by atoms with Crippen molar-refractivity contribution in [2.24, 2.45) is 0 Å². The van der Waals surface area contributed by atoms with E-state index < -0.39 is 0 Å². The number of aromatic amines is 1. The van der Waals surface area contributed by atoms with E-state index in [1.165, 1.54) is 0 Å². The van der Waals surface area contributed by atoms with Crippen molar-refractivity contribution in [2.75, 3.05) is 0 Å². The van der Waals surface area contributed by atoms with Crippen molar-refractivity contribution in [3.05, 3.63) is 33.4 Å². The van der Waals surface area contributed by atoms with Crippen molar-refractivity contribution in [1.29, 1.82) is 0 Å². The smallest absolute Gasteiger partial charge is 0.152 e. The van der Waals surface area contributed by atoms with Crippen molar-refractivity contribution in [2.45, 2.75) is 0 Å². The van der Waals surface area contributed by atoms with Gasteiger partial charge < -0.3 is 4.98 Å². The molecular formula is C9H5BrClNO. The van der Waals surface area contributed by atoms with Gasteiger partial charge in [-0.2, -0.15) is 0 Å². The van der Waals surface area contributed by atoms with Gasteiger partial charge >= 0.3 is 0 Å². The third-order valence-corrected chi connectivity index (χ3v) is 2.61. The number of carbonyl (C=O) groups is 1. The zero-order chi connectivity index (χ0) is 9.42. The molecule has 1 aromatic heterocycles. The first-order valence-corrected chi connectivity index (χ1v) is 4.81. The predicted molar refractivity (Wildman–Crippen MR) is 56.4 cm³/mol. The second-order valence-corrected chi connectivity index (χ2v) is 3.99. The van der Waals surface area contributed by atoms with Crippen LogP contribution in [0.15, 0.2) is 22.8 Å². The summed E-state index contributed by atoms with van der Waals surface area (Å²) in [6.45, 7) is 0. The average molecular weight is 259 g/mol. The number of nitrogens with one attached hydrogen (secondary N) is 1. The molecule has 66 valence electrons. The zero-order valence-electron chi connectivity index (χ0n) is 6.47. The van der Waals surface area contributed by atoms with Gasteiger partial charge in [0.1, 0.15) is 0 Å². The predicted octanol–water partition coefficient (Wildman–Crippen LogP) is 3.40. The van der Waals surface area contributed by atoms with Gasteiger partial charge in [-0.1, -0.05) is 27.5 Å². The monoisotopic (exact) mass is 257 g/mol. The van der Waals surface area contributed by atoms with Gasteiger partial charge in [0.05, 0.1) is 5.02 Å². The lowest BCUT2D eigenvalue weighted by Crippen LogP contribution is -1.76. The first-order chi connectivity index (χ1) is 6.22. The number of benzene rings is 1. The van der Waals surface area contributed by atoms with Crippen molar-refractivity contribution in [3.63, 3.8) is 0 Å². The summed E-state index contributed by atoms with van der Waals surface area (Å²) >= 11 is 9.30. The quantitative estimate of drug-likeness (QED) is 0.781. The van der Waals surface area contributed by atoms with E-state index in [4.69, 9.17) is 11.6 Å². The summed E-state index contributed by atoms with van der Waals surface area (Å²) in [6, 6.07) is 3.65. The third kappa shape index (κ3) is 1.38. The number of rotatable bonds is 1. The Morgan fingerprint density at radius 3 is 2.92 bits per heavy atom. The molecule has 0 spiro atoms. The molecule has 0 aliphatic carbocycles. The lowest BCUT2D eigenvalue weighted by molar-refractivity contribution is 0.112. The molecule has 0 fully saturated rings. The van der Waals surface area contributed by atoms with Crippen LogP contribution in [0.4, 0.5) is 0 Å². The van der Waals surface area contributed by atoms with Gasteiger partial charge in [-0.3, -0.25) is 4.79 Å². The van der Waals surface area contributed by atoms with E-state index in [0.717, 1.165) is 21.7 Å². The highest BCUT2D eigenvalue weighted by Crippen LogP contribution is 2.29. The molecular weight excluding hydrogens is 253 g/mol. The summed E-state index contributed by atoms with van der Waals surface area (Å²) in [5, 5.41) is 1.35. The number of aldehydes is 1. The molecule has 0 atom stereocenters. The van der Waals surface area contributed by atoms with Gasteiger partial charge in [0.25, 0.3) is 0 Å². The first kappa shape index (κ1) is 8.78. The largest absolute Gasteiger partial charge is 0.360 e. The Labute approximate surface area is 88.0 Å². The van der Waals surface area contributed by atoms with Crippen LogP contribution in [-0.2, 0) is 0 Å². The number of H-pyrrole nitrogens is 1. The lowest BCUT2D eigenvalue weighted by Gasteiger charge is -1.96. The van der Waals surface area contributed by atoms with E-state index in [2.05, 4.69) is 20.9 Å². The van der Waals surface area contributed by atoms with Crippen LogP contribution in [0.5, 0.6) is 0 Å². The molecule has 1 aromatic carbocycles. The van der Waals surface area contributed by atoms with E-state index in [-0.39, 0.29) is 0 Å². The fourth-order valence-electron chi connectivity index (χ4n) is 1.30. The highest BCUT2D eigenvalue weighted by molar-refractivity contribution is 9.10. The van der Waals surface area contributed by atoms with Gasteiger partial charge in [-0.05, 0) is 12.1 Å². The lowest BCUT2D eigenvalue weighted by atomic mass is 10.2. The van der Waals surface area contributed by atoms with Crippen LogP contribution in [0, 0.1) is 0 Å². The Kier molecular flexibility index (Phi) is 2.14. The Balaban J connectivity index is 2.89. The van der Waals surface area contributed by atoms with Crippen LogP contribution in [0.1, 0.15) is 10.4 Å². The molecule has 2 nitrogen and oxygen atoms in total. The number of hydrogen-bond donors (Lipinski definition) is 1. The maximum atomic E-state index is 10.6. The molecule has 1 heterocycles. The minimum Gasteiger partial charge on any atom is -0.360 e. The second-order valence-electron chi connectivity index (χ2n) is 2.67.